The first-order valence-electron chi connectivity index (χ1n) is 6.39. The third-order valence-corrected chi connectivity index (χ3v) is 2.95. The number of halogens is 3. The summed E-state index contributed by atoms with van der Waals surface area (Å²) in [5.41, 5.74) is -0.942. The SMILES string of the molecule is CCCN(c1ccc(C(F)(F)F)cc1C(=O)O)C(C)C. The van der Waals surface area contributed by atoms with Crippen molar-refractivity contribution in [2.45, 2.75) is 39.4 Å². The Morgan fingerprint density at radius 2 is 1.95 bits per heavy atom. The lowest BCUT2D eigenvalue weighted by Gasteiger charge is -2.30. The number of hydrogen-bond donors (Lipinski definition) is 1. The molecule has 0 aromatic heterocycles. The fraction of sp³-hybridized carbons (Fsp3) is 0.500. The molecule has 1 aromatic rings. The Bertz CT molecular complexity index is 484. The van der Waals surface area contributed by atoms with Gasteiger partial charge < -0.3 is 10.0 Å². The van der Waals surface area contributed by atoms with E-state index in [0.717, 1.165) is 12.5 Å². The molecule has 0 aliphatic rings. The highest BCUT2D eigenvalue weighted by atomic mass is 19.4. The molecule has 1 aromatic carbocycles. The van der Waals surface area contributed by atoms with E-state index < -0.39 is 17.7 Å². The highest BCUT2D eigenvalue weighted by molar-refractivity contribution is 5.94. The molecule has 0 bridgehead atoms. The van der Waals surface area contributed by atoms with Crippen LogP contribution in [0.5, 0.6) is 0 Å². The van der Waals surface area contributed by atoms with Crippen LogP contribution in [0.1, 0.15) is 43.1 Å². The van der Waals surface area contributed by atoms with Gasteiger partial charge in [-0.05, 0) is 38.5 Å². The summed E-state index contributed by atoms with van der Waals surface area (Å²) < 4.78 is 38.0. The first-order valence-corrected chi connectivity index (χ1v) is 6.39. The van der Waals surface area contributed by atoms with E-state index in [-0.39, 0.29) is 11.6 Å². The van der Waals surface area contributed by atoms with Gasteiger partial charge in [-0.15, -0.1) is 0 Å². The summed E-state index contributed by atoms with van der Waals surface area (Å²) in [7, 11) is 0. The monoisotopic (exact) mass is 289 g/mol. The minimum Gasteiger partial charge on any atom is -0.478 e. The van der Waals surface area contributed by atoms with Gasteiger partial charge in [-0.25, -0.2) is 4.79 Å². The van der Waals surface area contributed by atoms with Gasteiger partial charge in [0.1, 0.15) is 0 Å². The van der Waals surface area contributed by atoms with E-state index in [2.05, 4.69) is 0 Å². The molecular weight excluding hydrogens is 271 g/mol. The Kier molecular flexibility index (Phi) is 5.03. The van der Waals surface area contributed by atoms with Gasteiger partial charge >= 0.3 is 12.1 Å². The minimum atomic E-state index is -4.55. The molecule has 0 radical (unpaired) electrons. The highest BCUT2D eigenvalue weighted by Crippen LogP contribution is 2.33. The quantitative estimate of drug-likeness (QED) is 0.889. The molecule has 0 fully saturated rings. The summed E-state index contributed by atoms with van der Waals surface area (Å²) in [5.74, 6) is -1.35. The van der Waals surface area contributed by atoms with Crippen molar-refractivity contribution in [2.75, 3.05) is 11.4 Å². The number of nitrogens with zero attached hydrogens (tertiary/aromatic N) is 1. The lowest BCUT2D eigenvalue weighted by Crippen LogP contribution is -2.33. The maximum Gasteiger partial charge on any atom is 0.416 e. The zero-order valence-corrected chi connectivity index (χ0v) is 11.7. The van der Waals surface area contributed by atoms with Gasteiger partial charge in [0, 0.05) is 12.6 Å². The van der Waals surface area contributed by atoms with Crippen LogP contribution >= 0.6 is 0 Å². The Morgan fingerprint density at radius 3 is 2.35 bits per heavy atom. The molecule has 20 heavy (non-hydrogen) atoms. The van der Waals surface area contributed by atoms with E-state index in [4.69, 9.17) is 5.11 Å². The number of carboxylic acids is 1. The maximum absolute atomic E-state index is 12.7. The standard InChI is InChI=1S/C14H18F3NO2/c1-4-7-18(9(2)3)12-6-5-10(14(15,16)17)8-11(12)13(19)20/h5-6,8-9H,4,7H2,1-3H3,(H,19,20). The molecule has 0 aliphatic carbocycles. The molecule has 3 nitrogen and oxygen atoms in total. The Hall–Kier alpha value is -1.72. The van der Waals surface area contributed by atoms with E-state index >= 15 is 0 Å². The average Bonchev–Trinajstić information content (AvgIpc) is 2.33. The summed E-state index contributed by atoms with van der Waals surface area (Å²) in [6, 6.07) is 2.86. The average molecular weight is 289 g/mol. The number of aromatic carboxylic acids is 1. The zero-order valence-electron chi connectivity index (χ0n) is 11.7. The number of anilines is 1. The van der Waals surface area contributed by atoms with Gasteiger partial charge in [0.25, 0.3) is 0 Å². The Morgan fingerprint density at radius 1 is 1.35 bits per heavy atom. The predicted octanol–water partition coefficient (Wildman–Crippen LogP) is 4.03. The van der Waals surface area contributed by atoms with Gasteiger partial charge in [0.2, 0.25) is 0 Å². The van der Waals surface area contributed by atoms with Crippen molar-refractivity contribution in [3.63, 3.8) is 0 Å². The summed E-state index contributed by atoms with van der Waals surface area (Å²) in [6.07, 6.45) is -3.77. The molecule has 112 valence electrons. The topological polar surface area (TPSA) is 40.5 Å². The van der Waals surface area contributed by atoms with Crippen molar-refractivity contribution in [1.29, 1.82) is 0 Å². The van der Waals surface area contributed by atoms with Crippen molar-refractivity contribution >= 4 is 11.7 Å². The molecule has 1 rings (SSSR count). The van der Waals surface area contributed by atoms with Crippen molar-refractivity contribution < 1.29 is 23.1 Å². The van der Waals surface area contributed by atoms with Gasteiger partial charge in [0.05, 0.1) is 16.8 Å². The van der Waals surface area contributed by atoms with Crippen LogP contribution in [0, 0.1) is 0 Å². The smallest absolute Gasteiger partial charge is 0.416 e. The second-order valence-electron chi connectivity index (χ2n) is 4.82. The molecule has 0 unspecified atom stereocenters. The van der Waals surface area contributed by atoms with Gasteiger partial charge in [-0.3, -0.25) is 0 Å². The summed E-state index contributed by atoms with van der Waals surface area (Å²) in [6.45, 7) is 6.27. The first kappa shape index (κ1) is 16.3. The molecule has 0 saturated carbocycles. The molecule has 0 atom stereocenters. The fourth-order valence-electron chi connectivity index (χ4n) is 2.03. The number of hydrogen-bond acceptors (Lipinski definition) is 2. The second kappa shape index (κ2) is 6.15. The normalized spacial score (nSPS) is 11.8. The van der Waals surface area contributed by atoms with E-state index in [1.807, 2.05) is 20.8 Å². The molecule has 0 saturated heterocycles. The Labute approximate surface area is 116 Å². The van der Waals surface area contributed by atoms with Gasteiger partial charge in [-0.2, -0.15) is 13.2 Å². The van der Waals surface area contributed by atoms with Crippen LogP contribution in [0.3, 0.4) is 0 Å². The van der Waals surface area contributed by atoms with Crippen LogP contribution in [-0.2, 0) is 6.18 Å². The van der Waals surface area contributed by atoms with E-state index in [1.54, 1.807) is 4.90 Å². The number of benzene rings is 1. The third-order valence-electron chi connectivity index (χ3n) is 2.95. The predicted molar refractivity (Wildman–Crippen MR) is 71.2 cm³/mol. The van der Waals surface area contributed by atoms with Crippen molar-refractivity contribution in [1.82, 2.24) is 0 Å². The fourth-order valence-corrected chi connectivity index (χ4v) is 2.03. The number of carbonyl (C=O) groups is 1. The largest absolute Gasteiger partial charge is 0.478 e. The van der Waals surface area contributed by atoms with E-state index in [9.17, 15) is 18.0 Å². The number of alkyl halides is 3. The third kappa shape index (κ3) is 3.65. The molecule has 1 N–H and O–H groups in total. The minimum absolute atomic E-state index is 0.00443. The van der Waals surface area contributed by atoms with Crippen LogP contribution in [0.4, 0.5) is 18.9 Å². The Balaban J connectivity index is 3.36. The second-order valence-corrected chi connectivity index (χ2v) is 4.82. The van der Waals surface area contributed by atoms with Crippen molar-refractivity contribution in [3.8, 4) is 0 Å². The maximum atomic E-state index is 12.7. The van der Waals surface area contributed by atoms with E-state index in [0.29, 0.717) is 18.3 Å². The molecular formula is C14H18F3NO2. The van der Waals surface area contributed by atoms with Crippen LogP contribution in [0.2, 0.25) is 0 Å². The van der Waals surface area contributed by atoms with Crippen LogP contribution in [-0.4, -0.2) is 23.7 Å². The number of carboxylic acid groups (broad SMARTS) is 1. The summed E-state index contributed by atoms with van der Waals surface area (Å²) >= 11 is 0. The highest BCUT2D eigenvalue weighted by Gasteiger charge is 2.32. The van der Waals surface area contributed by atoms with E-state index in [1.165, 1.54) is 6.07 Å². The van der Waals surface area contributed by atoms with Crippen LogP contribution in [0.15, 0.2) is 18.2 Å². The molecule has 6 heteroatoms. The lowest BCUT2D eigenvalue weighted by atomic mass is 10.1. The van der Waals surface area contributed by atoms with Crippen LogP contribution in [0.25, 0.3) is 0 Å². The first-order chi connectivity index (χ1) is 9.18. The molecule has 0 amide bonds. The lowest BCUT2D eigenvalue weighted by molar-refractivity contribution is -0.137. The van der Waals surface area contributed by atoms with Crippen molar-refractivity contribution in [2.24, 2.45) is 0 Å². The number of rotatable bonds is 5. The van der Waals surface area contributed by atoms with Gasteiger partial charge in [0.15, 0.2) is 0 Å². The molecule has 0 heterocycles. The summed E-state index contributed by atoms with van der Waals surface area (Å²) in [5, 5.41) is 9.16. The zero-order chi connectivity index (χ0) is 15.5. The van der Waals surface area contributed by atoms with Gasteiger partial charge in [-0.1, -0.05) is 6.92 Å². The van der Waals surface area contributed by atoms with Crippen LogP contribution < -0.4 is 4.90 Å². The molecule has 0 aliphatic heterocycles. The van der Waals surface area contributed by atoms with Crippen molar-refractivity contribution in [3.05, 3.63) is 29.3 Å². The summed E-state index contributed by atoms with van der Waals surface area (Å²) in [4.78, 5) is 13.0. The molecule has 0 spiro atoms.